The van der Waals surface area contributed by atoms with Crippen LogP contribution in [0.2, 0.25) is 0 Å². The second kappa shape index (κ2) is 10.0. The number of carbonyl (C=O) groups excluding carboxylic acids is 2. The molecule has 0 spiro atoms. The Labute approximate surface area is 191 Å². The highest BCUT2D eigenvalue weighted by atomic mass is 19.4. The first-order chi connectivity index (χ1) is 16.0. The van der Waals surface area contributed by atoms with E-state index in [0.717, 1.165) is 6.07 Å². The highest BCUT2D eigenvalue weighted by Crippen LogP contribution is 2.29. The number of rotatable bonds is 7. The monoisotopic (exact) mass is 472 g/mol. The van der Waals surface area contributed by atoms with Crippen LogP contribution in [0.15, 0.2) is 66.7 Å². The second-order valence-electron chi connectivity index (χ2n) is 7.26. The molecule has 3 aromatic rings. The Morgan fingerprint density at radius 2 is 1.56 bits per heavy atom. The number of hydrogen-bond donors (Lipinski definition) is 3. The highest BCUT2D eigenvalue weighted by molar-refractivity contribution is 6.06. The average Bonchev–Trinajstić information content (AvgIpc) is 2.79. The number of nitrogens with one attached hydrogen (secondary N) is 3. The van der Waals surface area contributed by atoms with Gasteiger partial charge in [0.1, 0.15) is 12.2 Å². The Morgan fingerprint density at radius 3 is 2.21 bits per heavy atom. The summed E-state index contributed by atoms with van der Waals surface area (Å²) >= 11 is 0. The Balaban J connectivity index is 1.80. The van der Waals surface area contributed by atoms with Gasteiger partial charge < -0.3 is 16.0 Å². The van der Waals surface area contributed by atoms with Gasteiger partial charge in [-0.15, -0.1) is 0 Å². The lowest BCUT2D eigenvalue weighted by molar-refractivity contribution is -0.383. The van der Waals surface area contributed by atoms with Gasteiger partial charge in [0.05, 0.1) is 4.92 Å². The highest BCUT2D eigenvalue weighted by Gasteiger charge is 2.28. The first kappa shape index (κ1) is 24.2. The summed E-state index contributed by atoms with van der Waals surface area (Å²) in [5.74, 6) is -1.65. The number of anilines is 3. The summed E-state index contributed by atoms with van der Waals surface area (Å²) in [5.41, 5.74) is 1.10. The van der Waals surface area contributed by atoms with Gasteiger partial charge in [-0.1, -0.05) is 24.3 Å². The van der Waals surface area contributed by atoms with Crippen LogP contribution >= 0.6 is 0 Å². The van der Waals surface area contributed by atoms with Gasteiger partial charge in [0.2, 0.25) is 0 Å². The van der Waals surface area contributed by atoms with Crippen molar-refractivity contribution in [2.24, 2.45) is 0 Å². The molecule has 0 bridgehead atoms. The normalized spacial score (nSPS) is 10.9. The van der Waals surface area contributed by atoms with Gasteiger partial charge in [-0.2, -0.15) is 13.2 Å². The van der Waals surface area contributed by atoms with Crippen LogP contribution in [0.4, 0.5) is 35.9 Å². The first-order valence-corrected chi connectivity index (χ1v) is 9.91. The lowest BCUT2D eigenvalue weighted by Gasteiger charge is -2.13. The molecule has 3 rings (SSSR count). The number of carbonyl (C=O) groups is 2. The number of nitro benzene ring substituents is 1. The first-order valence-electron chi connectivity index (χ1n) is 9.91. The number of hydrogen-bond acceptors (Lipinski definition) is 5. The van der Waals surface area contributed by atoms with E-state index in [1.54, 1.807) is 42.6 Å². The minimum Gasteiger partial charge on any atom is -0.350 e. The van der Waals surface area contributed by atoms with Crippen molar-refractivity contribution in [3.05, 3.63) is 93.5 Å². The molecule has 0 saturated carbocycles. The number of benzene rings is 3. The molecule has 176 valence electrons. The van der Waals surface area contributed by atoms with E-state index in [1.807, 2.05) is 0 Å². The van der Waals surface area contributed by atoms with Crippen molar-refractivity contribution in [1.29, 1.82) is 0 Å². The van der Waals surface area contributed by atoms with Gasteiger partial charge in [0.15, 0.2) is 0 Å². The molecule has 3 aromatic carbocycles. The third kappa shape index (κ3) is 6.31. The maximum Gasteiger partial charge on any atom is 0.405 e. The van der Waals surface area contributed by atoms with E-state index in [4.69, 9.17) is 0 Å². The number of nitro groups is 1. The van der Waals surface area contributed by atoms with Crippen LogP contribution in [0.1, 0.15) is 26.3 Å². The molecule has 3 N–H and O–H groups in total. The molecule has 0 heterocycles. The van der Waals surface area contributed by atoms with E-state index < -0.39 is 29.5 Å². The van der Waals surface area contributed by atoms with Gasteiger partial charge >= 0.3 is 6.18 Å². The van der Waals surface area contributed by atoms with Crippen LogP contribution in [0.3, 0.4) is 0 Å². The van der Waals surface area contributed by atoms with E-state index in [9.17, 15) is 32.9 Å². The molecule has 2 amide bonds. The molecule has 11 heteroatoms. The van der Waals surface area contributed by atoms with E-state index >= 15 is 0 Å². The smallest absolute Gasteiger partial charge is 0.350 e. The number of alkyl halides is 3. The van der Waals surface area contributed by atoms with Crippen molar-refractivity contribution in [1.82, 2.24) is 5.32 Å². The molecule has 0 aliphatic heterocycles. The third-order valence-corrected chi connectivity index (χ3v) is 4.71. The van der Waals surface area contributed by atoms with Gasteiger partial charge in [-0.25, -0.2) is 0 Å². The predicted molar refractivity (Wildman–Crippen MR) is 120 cm³/mol. The SMILES string of the molecule is Cc1ccc(C(=O)NCC(F)(F)F)cc1NC(=O)c1ccc(Nc2ccccc2)c([N+](=O)[O-])c1. The van der Waals surface area contributed by atoms with Crippen molar-refractivity contribution in [2.45, 2.75) is 13.1 Å². The fourth-order valence-corrected chi connectivity index (χ4v) is 2.98. The van der Waals surface area contributed by atoms with E-state index in [2.05, 4.69) is 10.6 Å². The van der Waals surface area contributed by atoms with Crippen LogP contribution in [0.5, 0.6) is 0 Å². The molecule has 0 radical (unpaired) electrons. The Bertz CT molecular complexity index is 1230. The van der Waals surface area contributed by atoms with Crippen LogP contribution in [0.25, 0.3) is 0 Å². The summed E-state index contributed by atoms with van der Waals surface area (Å²) in [6.07, 6.45) is -4.56. The number of nitrogens with zero attached hydrogens (tertiary/aromatic N) is 1. The molecule has 34 heavy (non-hydrogen) atoms. The molecule has 0 aliphatic rings. The number of amides is 2. The molecule has 0 fully saturated rings. The zero-order valence-electron chi connectivity index (χ0n) is 17.8. The van der Waals surface area contributed by atoms with Gasteiger partial charge in [0.25, 0.3) is 17.5 Å². The lowest BCUT2D eigenvalue weighted by Crippen LogP contribution is -2.33. The molecule has 0 unspecified atom stereocenters. The van der Waals surface area contributed by atoms with Crippen LogP contribution in [0, 0.1) is 17.0 Å². The fraction of sp³-hybridized carbons (Fsp3) is 0.130. The molecule has 0 saturated heterocycles. The van der Waals surface area contributed by atoms with Crippen molar-refractivity contribution in [3.63, 3.8) is 0 Å². The van der Waals surface area contributed by atoms with Gasteiger partial charge in [-0.05, 0) is 48.9 Å². The van der Waals surface area contributed by atoms with E-state index in [0.29, 0.717) is 11.3 Å². The second-order valence-corrected chi connectivity index (χ2v) is 7.26. The molecular formula is C23H19F3N4O4. The van der Waals surface area contributed by atoms with Crippen molar-refractivity contribution in [3.8, 4) is 0 Å². The van der Waals surface area contributed by atoms with Crippen LogP contribution in [-0.4, -0.2) is 29.5 Å². The summed E-state index contributed by atoms with van der Waals surface area (Å²) in [7, 11) is 0. The largest absolute Gasteiger partial charge is 0.405 e. The maximum absolute atomic E-state index is 12.7. The van der Waals surface area contributed by atoms with Crippen molar-refractivity contribution >= 4 is 34.6 Å². The Kier molecular flexibility index (Phi) is 7.15. The molecular weight excluding hydrogens is 453 g/mol. The van der Waals surface area contributed by atoms with Crippen molar-refractivity contribution < 1.29 is 27.7 Å². The van der Waals surface area contributed by atoms with Crippen LogP contribution in [-0.2, 0) is 0 Å². The molecule has 0 aromatic heterocycles. The average molecular weight is 472 g/mol. The standard InChI is InChI=1S/C23H19F3N4O4/c1-14-7-8-15(21(31)27-13-23(24,25)26)11-19(14)29-22(32)16-9-10-18(20(12-16)30(33)34)28-17-5-3-2-4-6-17/h2-12,28H,13H2,1H3,(H,27,31)(H,29,32). The molecule has 0 aliphatic carbocycles. The van der Waals surface area contributed by atoms with E-state index in [1.165, 1.54) is 30.3 Å². The molecule has 0 atom stereocenters. The van der Waals surface area contributed by atoms with Gasteiger partial charge in [0, 0.05) is 28.6 Å². The minimum atomic E-state index is -4.56. The quantitative estimate of drug-likeness (QED) is 0.324. The fourth-order valence-electron chi connectivity index (χ4n) is 2.98. The number of para-hydroxylation sites is 1. The summed E-state index contributed by atoms with van der Waals surface area (Å²) in [6.45, 7) is 0.136. The number of aryl methyl sites for hydroxylation is 1. The lowest BCUT2D eigenvalue weighted by atomic mass is 10.1. The maximum atomic E-state index is 12.7. The van der Waals surface area contributed by atoms with E-state index in [-0.39, 0.29) is 28.2 Å². The molecule has 8 nitrogen and oxygen atoms in total. The van der Waals surface area contributed by atoms with Crippen LogP contribution < -0.4 is 16.0 Å². The summed E-state index contributed by atoms with van der Waals surface area (Å²) in [6, 6.07) is 16.7. The summed E-state index contributed by atoms with van der Waals surface area (Å²) in [4.78, 5) is 35.7. The topological polar surface area (TPSA) is 113 Å². The van der Waals surface area contributed by atoms with Crippen molar-refractivity contribution in [2.75, 3.05) is 17.2 Å². The third-order valence-electron chi connectivity index (χ3n) is 4.71. The zero-order valence-corrected chi connectivity index (χ0v) is 17.8. The number of halogens is 3. The minimum absolute atomic E-state index is 0.0170. The summed E-state index contributed by atoms with van der Waals surface area (Å²) < 4.78 is 37.1. The predicted octanol–water partition coefficient (Wildman–Crippen LogP) is 5.19. The Hall–Kier alpha value is -4.41. The Morgan fingerprint density at radius 1 is 0.912 bits per heavy atom. The van der Waals surface area contributed by atoms with Gasteiger partial charge in [-0.3, -0.25) is 19.7 Å². The summed E-state index contributed by atoms with van der Waals surface area (Å²) in [5, 5.41) is 18.8. The zero-order chi connectivity index (χ0) is 24.9.